The molecule has 9 heteroatoms. The third-order valence-electron chi connectivity index (χ3n) is 1.92. The zero-order valence-electron chi connectivity index (χ0n) is 8.65. The summed E-state index contributed by atoms with van der Waals surface area (Å²) in [5.41, 5.74) is 0. The van der Waals surface area contributed by atoms with Gasteiger partial charge in [-0.1, -0.05) is 0 Å². The van der Waals surface area contributed by atoms with Crippen molar-refractivity contribution in [3.8, 4) is 0 Å². The number of carbonyl (C=O) groups excluding carboxylic acids is 1. The average molecular weight is 263 g/mol. The summed E-state index contributed by atoms with van der Waals surface area (Å²) in [7, 11) is 0. The van der Waals surface area contributed by atoms with E-state index >= 15 is 0 Å². The Hall–Kier alpha value is -1.41. The summed E-state index contributed by atoms with van der Waals surface area (Å²) < 4.78 is 59.8. The number of carbonyl (C=O) groups is 2. The Morgan fingerprint density at radius 2 is 1.71 bits per heavy atom. The smallest absolute Gasteiger partial charge is 0.453 e. The van der Waals surface area contributed by atoms with Gasteiger partial charge in [0, 0.05) is 13.0 Å². The molecule has 0 bridgehead atoms. The number of alkyl halides is 5. The van der Waals surface area contributed by atoms with E-state index in [0.29, 0.717) is 0 Å². The van der Waals surface area contributed by atoms with Crippen LogP contribution in [-0.2, 0) is 9.59 Å². The molecule has 0 saturated heterocycles. The number of halogens is 5. The molecule has 0 radical (unpaired) electrons. The van der Waals surface area contributed by atoms with E-state index in [2.05, 4.69) is 0 Å². The number of hydrogen-bond donors (Lipinski definition) is 2. The highest BCUT2D eigenvalue weighted by molar-refractivity contribution is 5.96. The second kappa shape index (κ2) is 5.28. The van der Waals surface area contributed by atoms with Crippen LogP contribution >= 0.6 is 0 Å². The van der Waals surface area contributed by atoms with Crippen LogP contribution in [0.3, 0.4) is 0 Å². The lowest BCUT2D eigenvalue weighted by atomic mass is 10.1. The maximum atomic E-state index is 12.3. The minimum atomic E-state index is -5.68. The lowest BCUT2D eigenvalue weighted by Crippen LogP contribution is -2.41. The third kappa shape index (κ3) is 4.53. The maximum Gasteiger partial charge on any atom is 0.453 e. The molecule has 0 aliphatic heterocycles. The van der Waals surface area contributed by atoms with Crippen LogP contribution in [0.15, 0.2) is 0 Å². The van der Waals surface area contributed by atoms with E-state index in [-0.39, 0.29) is 0 Å². The van der Waals surface area contributed by atoms with Crippen LogP contribution in [0.1, 0.15) is 13.3 Å². The molecule has 0 heterocycles. The topological polar surface area (TPSA) is 66.4 Å². The molecule has 0 aromatic carbocycles. The lowest BCUT2D eigenvalue weighted by molar-refractivity contribution is -0.283. The minimum absolute atomic E-state index is 0.955. The van der Waals surface area contributed by atoms with Gasteiger partial charge in [-0.3, -0.25) is 9.59 Å². The van der Waals surface area contributed by atoms with E-state index in [1.807, 2.05) is 0 Å². The highest BCUT2D eigenvalue weighted by atomic mass is 19.4. The van der Waals surface area contributed by atoms with Gasteiger partial charge in [-0.15, -0.1) is 0 Å². The quantitative estimate of drug-likeness (QED) is 0.582. The number of hydrogen-bond acceptors (Lipinski definition) is 2. The first kappa shape index (κ1) is 15.6. The van der Waals surface area contributed by atoms with Crippen molar-refractivity contribution in [3.63, 3.8) is 0 Å². The van der Waals surface area contributed by atoms with E-state index in [9.17, 15) is 31.5 Å². The van der Waals surface area contributed by atoms with Crippen LogP contribution in [0.25, 0.3) is 0 Å². The van der Waals surface area contributed by atoms with Crippen LogP contribution in [0, 0.1) is 5.92 Å². The van der Waals surface area contributed by atoms with Crippen molar-refractivity contribution in [2.24, 2.45) is 5.92 Å². The number of nitrogens with one attached hydrogen (secondary N) is 1. The molecular formula is C8H10F5NO3. The van der Waals surface area contributed by atoms with E-state index in [1.54, 1.807) is 5.32 Å². The number of carboxylic acid groups (broad SMARTS) is 1. The molecule has 0 aliphatic carbocycles. The predicted molar refractivity (Wildman–Crippen MR) is 45.4 cm³/mol. The molecule has 0 aliphatic rings. The molecule has 1 amide bonds. The molecule has 1 unspecified atom stereocenters. The number of rotatable bonds is 5. The highest BCUT2D eigenvalue weighted by Crippen LogP contribution is 2.37. The summed E-state index contributed by atoms with van der Waals surface area (Å²) in [6.07, 6.45) is -7.31. The average Bonchev–Trinajstić information content (AvgIpc) is 2.14. The van der Waals surface area contributed by atoms with Gasteiger partial charge in [-0.25, -0.2) is 0 Å². The fourth-order valence-corrected chi connectivity index (χ4v) is 0.750. The Labute approximate surface area is 92.8 Å². The van der Waals surface area contributed by atoms with Gasteiger partial charge in [-0.2, -0.15) is 22.0 Å². The monoisotopic (exact) mass is 263 g/mol. The number of carboxylic acids is 1. The Morgan fingerprint density at radius 3 is 2.06 bits per heavy atom. The van der Waals surface area contributed by atoms with Crippen molar-refractivity contribution in [2.45, 2.75) is 25.4 Å². The van der Waals surface area contributed by atoms with Crippen molar-refractivity contribution in [1.82, 2.24) is 5.32 Å². The van der Waals surface area contributed by atoms with Crippen LogP contribution in [0.5, 0.6) is 0 Å². The Balaban J connectivity index is 4.17. The normalized spacial score (nSPS) is 14.2. The summed E-state index contributed by atoms with van der Waals surface area (Å²) in [5.74, 6) is -9.03. The molecule has 100 valence electrons. The largest absolute Gasteiger partial charge is 0.481 e. The molecule has 0 rings (SSSR count). The predicted octanol–water partition coefficient (Wildman–Crippen LogP) is 1.41. The first-order valence-electron chi connectivity index (χ1n) is 4.44. The molecule has 17 heavy (non-hydrogen) atoms. The van der Waals surface area contributed by atoms with E-state index in [1.165, 1.54) is 0 Å². The van der Waals surface area contributed by atoms with Gasteiger partial charge in [0.25, 0.3) is 0 Å². The molecule has 0 saturated carbocycles. The summed E-state index contributed by atoms with van der Waals surface area (Å²) in [4.78, 5) is 21.2. The second-order valence-electron chi connectivity index (χ2n) is 3.30. The molecule has 2 N–H and O–H groups in total. The minimum Gasteiger partial charge on any atom is -0.481 e. The van der Waals surface area contributed by atoms with E-state index in [4.69, 9.17) is 5.11 Å². The third-order valence-corrected chi connectivity index (χ3v) is 1.92. The summed E-state index contributed by atoms with van der Waals surface area (Å²) >= 11 is 0. The molecule has 0 aromatic rings. The molecule has 0 aromatic heterocycles. The summed E-state index contributed by atoms with van der Waals surface area (Å²) in [6.45, 7) is 0.0303. The summed E-state index contributed by atoms with van der Waals surface area (Å²) in [5, 5.41) is 10.0. The SMILES string of the molecule is CC(C(=O)O)C(=O)NCCC(F)(F)C(F)(F)F. The molecule has 0 spiro atoms. The van der Waals surface area contributed by atoms with Crippen LogP contribution < -0.4 is 5.32 Å². The highest BCUT2D eigenvalue weighted by Gasteiger charge is 2.56. The molecule has 4 nitrogen and oxygen atoms in total. The van der Waals surface area contributed by atoms with Gasteiger partial charge >= 0.3 is 18.1 Å². The van der Waals surface area contributed by atoms with Crippen molar-refractivity contribution in [3.05, 3.63) is 0 Å². The van der Waals surface area contributed by atoms with E-state index < -0.39 is 42.9 Å². The first-order valence-corrected chi connectivity index (χ1v) is 4.44. The van der Waals surface area contributed by atoms with Gasteiger partial charge in [0.1, 0.15) is 5.92 Å². The lowest BCUT2D eigenvalue weighted by Gasteiger charge is -2.19. The molecule has 1 atom stereocenters. The van der Waals surface area contributed by atoms with Gasteiger partial charge < -0.3 is 10.4 Å². The maximum absolute atomic E-state index is 12.3. The standard InChI is InChI=1S/C8H10F5NO3/c1-4(6(16)17)5(15)14-3-2-7(9,10)8(11,12)13/h4H,2-3H2,1H3,(H,14,15)(H,16,17). The van der Waals surface area contributed by atoms with Gasteiger partial charge in [0.2, 0.25) is 5.91 Å². The Kier molecular flexibility index (Phi) is 4.84. The van der Waals surface area contributed by atoms with Gasteiger partial charge in [0.15, 0.2) is 0 Å². The molecular weight excluding hydrogens is 253 g/mol. The zero-order valence-corrected chi connectivity index (χ0v) is 8.65. The molecule has 0 fully saturated rings. The Bertz CT molecular complexity index is 302. The Morgan fingerprint density at radius 1 is 1.24 bits per heavy atom. The van der Waals surface area contributed by atoms with E-state index in [0.717, 1.165) is 6.92 Å². The van der Waals surface area contributed by atoms with Crippen molar-refractivity contribution in [1.29, 1.82) is 0 Å². The number of aliphatic carboxylic acids is 1. The summed E-state index contributed by atoms with van der Waals surface area (Å²) in [6, 6.07) is 0. The zero-order chi connectivity index (χ0) is 13.9. The van der Waals surface area contributed by atoms with Crippen molar-refractivity contribution >= 4 is 11.9 Å². The fraction of sp³-hybridized carbons (Fsp3) is 0.750. The second-order valence-corrected chi connectivity index (χ2v) is 3.30. The first-order chi connectivity index (χ1) is 7.49. The van der Waals surface area contributed by atoms with Crippen LogP contribution in [0.2, 0.25) is 0 Å². The fourth-order valence-electron chi connectivity index (χ4n) is 0.750. The van der Waals surface area contributed by atoms with Crippen LogP contribution in [0.4, 0.5) is 22.0 Å². The number of amides is 1. The van der Waals surface area contributed by atoms with Crippen LogP contribution in [-0.4, -0.2) is 35.6 Å². The van der Waals surface area contributed by atoms with Crippen molar-refractivity contribution in [2.75, 3.05) is 6.54 Å². The van der Waals surface area contributed by atoms with Crippen molar-refractivity contribution < 1.29 is 36.6 Å². The van der Waals surface area contributed by atoms with Gasteiger partial charge in [-0.05, 0) is 6.92 Å². The van der Waals surface area contributed by atoms with Gasteiger partial charge in [0.05, 0.1) is 0 Å².